The highest BCUT2D eigenvalue weighted by Crippen LogP contribution is 2.12. The van der Waals surface area contributed by atoms with Crippen LogP contribution in [0.4, 0.5) is 10.1 Å². The first-order valence-corrected chi connectivity index (χ1v) is 9.09. The minimum Gasteiger partial charge on any atom is -0.352 e. The fourth-order valence-electron chi connectivity index (χ4n) is 2.61. The lowest BCUT2D eigenvalue weighted by Gasteiger charge is -2.08. The molecule has 0 aromatic heterocycles. The number of anilines is 1. The number of hydrogen-bond donors (Lipinski definition) is 2. The summed E-state index contributed by atoms with van der Waals surface area (Å²) >= 11 is 5.86. The third-order valence-corrected chi connectivity index (χ3v) is 4.35. The van der Waals surface area contributed by atoms with E-state index in [1.165, 1.54) is 30.3 Å². The van der Waals surface area contributed by atoms with Crippen molar-refractivity contribution in [3.05, 3.63) is 100 Å². The molecule has 3 aromatic carbocycles. The molecule has 0 saturated carbocycles. The molecule has 0 aliphatic rings. The molecular formula is C22H18ClFN2O2. The van der Waals surface area contributed by atoms with Gasteiger partial charge < -0.3 is 10.6 Å². The smallest absolute Gasteiger partial charge is 0.255 e. The highest BCUT2D eigenvalue weighted by Gasteiger charge is 2.11. The lowest BCUT2D eigenvalue weighted by molar-refractivity contribution is 0.0954. The molecule has 0 unspecified atom stereocenters. The molecular weight excluding hydrogens is 379 g/mol. The Morgan fingerprint density at radius 3 is 2.18 bits per heavy atom. The quantitative estimate of drug-likeness (QED) is 0.634. The number of nitrogens with one attached hydrogen (secondary N) is 2. The Bertz CT molecular complexity index is 973. The number of rotatable bonds is 6. The summed E-state index contributed by atoms with van der Waals surface area (Å²) in [4.78, 5) is 24.7. The minimum absolute atomic E-state index is 0.259. The maximum absolute atomic E-state index is 13.0. The fourth-order valence-corrected chi connectivity index (χ4v) is 2.74. The van der Waals surface area contributed by atoms with Gasteiger partial charge in [-0.1, -0.05) is 29.8 Å². The van der Waals surface area contributed by atoms with Crippen molar-refractivity contribution in [3.8, 4) is 0 Å². The Kier molecular flexibility index (Phi) is 6.40. The molecule has 0 atom stereocenters. The van der Waals surface area contributed by atoms with Crippen LogP contribution >= 0.6 is 11.6 Å². The van der Waals surface area contributed by atoms with Crippen molar-refractivity contribution in [3.63, 3.8) is 0 Å². The molecule has 0 saturated heterocycles. The summed E-state index contributed by atoms with van der Waals surface area (Å²) < 4.78 is 13.0. The number of amides is 2. The van der Waals surface area contributed by atoms with Crippen LogP contribution < -0.4 is 10.6 Å². The SMILES string of the molecule is O=C(NCCc1ccc(Cl)cc1)c1cccc(C(=O)Nc2ccc(F)cc2)c1. The standard InChI is InChI=1S/C22H18ClFN2O2/c23-18-6-4-15(5-7-18)12-13-25-21(27)16-2-1-3-17(14-16)22(28)26-20-10-8-19(24)9-11-20/h1-11,14H,12-13H2,(H,25,27)(H,26,28). The summed E-state index contributed by atoms with van der Waals surface area (Å²) in [6, 6.07) is 19.3. The molecule has 0 heterocycles. The van der Waals surface area contributed by atoms with Gasteiger partial charge in [-0.05, 0) is 66.6 Å². The average Bonchev–Trinajstić information content (AvgIpc) is 2.71. The van der Waals surface area contributed by atoms with Gasteiger partial charge in [-0.3, -0.25) is 9.59 Å². The van der Waals surface area contributed by atoms with Crippen LogP contribution in [-0.4, -0.2) is 18.4 Å². The molecule has 3 aromatic rings. The van der Waals surface area contributed by atoms with Crippen molar-refractivity contribution in [2.45, 2.75) is 6.42 Å². The molecule has 2 amide bonds. The van der Waals surface area contributed by atoms with Crippen LogP contribution in [0.1, 0.15) is 26.3 Å². The second kappa shape index (κ2) is 9.15. The second-order valence-corrected chi connectivity index (χ2v) is 6.61. The van der Waals surface area contributed by atoms with E-state index in [4.69, 9.17) is 11.6 Å². The summed E-state index contributed by atoms with van der Waals surface area (Å²) in [5, 5.41) is 6.18. The third-order valence-electron chi connectivity index (χ3n) is 4.10. The van der Waals surface area contributed by atoms with Gasteiger partial charge in [-0.15, -0.1) is 0 Å². The van der Waals surface area contributed by atoms with Crippen LogP contribution in [0.2, 0.25) is 5.02 Å². The summed E-state index contributed by atoms with van der Waals surface area (Å²) in [5.74, 6) is -1.01. The van der Waals surface area contributed by atoms with Gasteiger partial charge in [0.15, 0.2) is 0 Å². The van der Waals surface area contributed by atoms with Crippen LogP contribution in [0.3, 0.4) is 0 Å². The number of benzene rings is 3. The molecule has 0 spiro atoms. The van der Waals surface area contributed by atoms with Gasteiger partial charge in [0.25, 0.3) is 11.8 Å². The van der Waals surface area contributed by atoms with Crippen molar-refractivity contribution < 1.29 is 14.0 Å². The molecule has 0 bridgehead atoms. The Morgan fingerprint density at radius 2 is 1.50 bits per heavy atom. The molecule has 4 nitrogen and oxygen atoms in total. The maximum Gasteiger partial charge on any atom is 0.255 e. The molecule has 6 heteroatoms. The van der Waals surface area contributed by atoms with E-state index in [1.807, 2.05) is 24.3 Å². The maximum atomic E-state index is 13.0. The van der Waals surface area contributed by atoms with E-state index >= 15 is 0 Å². The van der Waals surface area contributed by atoms with Crippen molar-refractivity contribution in [1.82, 2.24) is 5.32 Å². The van der Waals surface area contributed by atoms with E-state index in [2.05, 4.69) is 10.6 Å². The summed E-state index contributed by atoms with van der Waals surface area (Å²) in [7, 11) is 0. The lowest BCUT2D eigenvalue weighted by atomic mass is 10.1. The first-order chi connectivity index (χ1) is 13.5. The topological polar surface area (TPSA) is 58.2 Å². The van der Waals surface area contributed by atoms with Gasteiger partial charge in [0, 0.05) is 28.4 Å². The fraction of sp³-hybridized carbons (Fsp3) is 0.0909. The molecule has 28 heavy (non-hydrogen) atoms. The number of carbonyl (C=O) groups is 2. The monoisotopic (exact) mass is 396 g/mol. The van der Waals surface area contributed by atoms with Gasteiger partial charge >= 0.3 is 0 Å². The van der Waals surface area contributed by atoms with Gasteiger partial charge in [-0.2, -0.15) is 0 Å². The van der Waals surface area contributed by atoms with Crippen LogP contribution in [0, 0.1) is 5.82 Å². The van der Waals surface area contributed by atoms with Gasteiger partial charge in [-0.25, -0.2) is 4.39 Å². The molecule has 0 radical (unpaired) electrons. The number of carbonyl (C=O) groups excluding carboxylic acids is 2. The predicted molar refractivity (Wildman–Crippen MR) is 108 cm³/mol. The highest BCUT2D eigenvalue weighted by atomic mass is 35.5. The lowest BCUT2D eigenvalue weighted by Crippen LogP contribution is -2.26. The average molecular weight is 397 g/mol. The largest absolute Gasteiger partial charge is 0.352 e. The summed E-state index contributed by atoms with van der Waals surface area (Å²) in [6.45, 7) is 0.465. The Labute approximate surface area is 167 Å². The third kappa shape index (κ3) is 5.41. The van der Waals surface area contributed by atoms with Crippen LogP contribution in [-0.2, 0) is 6.42 Å². The van der Waals surface area contributed by atoms with Crippen molar-refractivity contribution >= 4 is 29.1 Å². The summed E-state index contributed by atoms with van der Waals surface area (Å²) in [5.41, 5.74) is 2.28. The molecule has 0 aliphatic carbocycles. The van der Waals surface area contributed by atoms with E-state index < -0.39 is 0 Å². The number of halogens is 2. The van der Waals surface area contributed by atoms with Crippen molar-refractivity contribution in [2.75, 3.05) is 11.9 Å². The zero-order valence-electron chi connectivity index (χ0n) is 14.9. The van der Waals surface area contributed by atoms with Crippen LogP contribution in [0.25, 0.3) is 0 Å². The highest BCUT2D eigenvalue weighted by molar-refractivity contribution is 6.30. The zero-order chi connectivity index (χ0) is 19.9. The van der Waals surface area contributed by atoms with E-state index in [-0.39, 0.29) is 17.6 Å². The molecule has 0 aliphatic heterocycles. The number of hydrogen-bond acceptors (Lipinski definition) is 2. The second-order valence-electron chi connectivity index (χ2n) is 6.17. The normalized spacial score (nSPS) is 10.4. The Hall–Kier alpha value is -3.18. The Morgan fingerprint density at radius 1 is 0.857 bits per heavy atom. The molecule has 142 valence electrons. The zero-order valence-corrected chi connectivity index (χ0v) is 15.7. The van der Waals surface area contributed by atoms with Crippen molar-refractivity contribution in [2.24, 2.45) is 0 Å². The van der Waals surface area contributed by atoms with Crippen LogP contribution in [0.15, 0.2) is 72.8 Å². The first-order valence-electron chi connectivity index (χ1n) is 8.71. The van der Waals surface area contributed by atoms with Gasteiger partial charge in [0.2, 0.25) is 0 Å². The van der Waals surface area contributed by atoms with Gasteiger partial charge in [0.1, 0.15) is 5.82 Å². The van der Waals surface area contributed by atoms with Crippen molar-refractivity contribution in [1.29, 1.82) is 0 Å². The molecule has 3 rings (SSSR count). The molecule has 2 N–H and O–H groups in total. The Balaban J connectivity index is 1.58. The molecule has 0 fully saturated rings. The van der Waals surface area contributed by atoms with E-state index in [9.17, 15) is 14.0 Å². The summed E-state index contributed by atoms with van der Waals surface area (Å²) in [6.07, 6.45) is 0.674. The van der Waals surface area contributed by atoms with E-state index in [0.717, 1.165) is 5.56 Å². The van der Waals surface area contributed by atoms with E-state index in [1.54, 1.807) is 18.2 Å². The van der Waals surface area contributed by atoms with Crippen LogP contribution in [0.5, 0.6) is 0 Å². The first kappa shape index (κ1) is 19.6. The predicted octanol–water partition coefficient (Wildman–Crippen LogP) is 4.70. The van der Waals surface area contributed by atoms with E-state index in [0.29, 0.717) is 34.8 Å². The minimum atomic E-state index is -0.379. The van der Waals surface area contributed by atoms with Gasteiger partial charge in [0.05, 0.1) is 0 Å².